The van der Waals surface area contributed by atoms with Gasteiger partial charge in [0.2, 0.25) is 0 Å². The maximum atomic E-state index is 5.30. The van der Waals surface area contributed by atoms with Crippen molar-refractivity contribution in [1.82, 2.24) is 5.32 Å². The molecule has 0 amide bonds. The second-order valence-corrected chi connectivity index (χ2v) is 6.69. The van der Waals surface area contributed by atoms with Crippen LogP contribution in [0.4, 0.5) is 11.4 Å². The molecular weight excluding hydrogens is 348 g/mol. The number of para-hydroxylation sites is 2. The maximum absolute atomic E-state index is 5.30. The Hall–Kier alpha value is -2.98. The molecule has 0 saturated carbocycles. The van der Waals surface area contributed by atoms with Crippen LogP contribution in [0.2, 0.25) is 0 Å². The lowest BCUT2D eigenvalue weighted by atomic mass is 9.94. The van der Waals surface area contributed by atoms with Gasteiger partial charge in [0.15, 0.2) is 11.5 Å². The molecule has 3 aromatic carbocycles. The highest BCUT2D eigenvalue weighted by atomic mass is 16.5. The van der Waals surface area contributed by atoms with Gasteiger partial charge in [0.1, 0.15) is 0 Å². The number of rotatable bonds is 4. The smallest absolute Gasteiger partial charge is 0.161 e. The zero-order valence-corrected chi connectivity index (χ0v) is 16.7. The summed E-state index contributed by atoms with van der Waals surface area (Å²) >= 11 is 0. The minimum Gasteiger partial charge on any atom is -0.493 e. The van der Waals surface area contributed by atoms with E-state index < -0.39 is 0 Å². The van der Waals surface area contributed by atoms with E-state index in [0.717, 1.165) is 35.8 Å². The Kier molecular flexibility index (Phi) is 6.93. The van der Waals surface area contributed by atoms with E-state index in [0.29, 0.717) is 6.04 Å². The second kappa shape index (κ2) is 9.81. The molecule has 1 atom stereocenters. The number of hydrogen-bond acceptors (Lipinski definition) is 4. The van der Waals surface area contributed by atoms with Crippen molar-refractivity contribution in [1.29, 1.82) is 0 Å². The maximum Gasteiger partial charge on any atom is 0.161 e. The first kappa shape index (κ1) is 19.8. The molecule has 0 fully saturated rings. The van der Waals surface area contributed by atoms with Crippen LogP contribution in [-0.4, -0.2) is 20.8 Å². The molecule has 3 aromatic rings. The van der Waals surface area contributed by atoms with E-state index in [1.807, 2.05) is 60.7 Å². The van der Waals surface area contributed by atoms with E-state index in [4.69, 9.17) is 9.47 Å². The zero-order valence-electron chi connectivity index (χ0n) is 16.7. The molecule has 0 spiro atoms. The lowest BCUT2D eigenvalue weighted by Gasteiger charge is -2.25. The number of benzene rings is 3. The molecule has 0 radical (unpaired) electrons. The van der Waals surface area contributed by atoms with Gasteiger partial charge in [-0.3, -0.25) is 0 Å². The average molecular weight is 377 g/mol. The molecule has 146 valence electrons. The summed E-state index contributed by atoms with van der Waals surface area (Å²) in [6.45, 7) is 3.20. The Bertz CT molecular complexity index is 829. The number of methoxy groups -OCH3 is 2. The molecule has 4 rings (SSSR count). The first-order valence-corrected chi connectivity index (χ1v) is 9.56. The molecule has 0 saturated heterocycles. The summed E-state index contributed by atoms with van der Waals surface area (Å²) in [5.74, 6) is 1.64. The van der Waals surface area contributed by atoms with Crippen LogP contribution in [0.15, 0.2) is 72.8 Å². The van der Waals surface area contributed by atoms with Gasteiger partial charge in [-0.05, 0) is 67.4 Å². The van der Waals surface area contributed by atoms with Gasteiger partial charge in [-0.25, -0.2) is 0 Å². The number of ether oxygens (including phenoxy) is 2. The second-order valence-electron chi connectivity index (χ2n) is 6.69. The van der Waals surface area contributed by atoms with Gasteiger partial charge in [-0.1, -0.05) is 36.4 Å². The van der Waals surface area contributed by atoms with Crippen molar-refractivity contribution in [3.63, 3.8) is 0 Å². The van der Waals surface area contributed by atoms with E-state index in [1.165, 1.54) is 11.1 Å². The van der Waals surface area contributed by atoms with Crippen molar-refractivity contribution < 1.29 is 9.47 Å². The van der Waals surface area contributed by atoms with Crippen LogP contribution in [0, 0.1) is 0 Å². The fraction of sp³-hybridized carbons (Fsp3) is 0.250. The van der Waals surface area contributed by atoms with Gasteiger partial charge >= 0.3 is 0 Å². The van der Waals surface area contributed by atoms with Gasteiger partial charge in [0, 0.05) is 17.4 Å². The zero-order chi connectivity index (χ0) is 19.8. The monoisotopic (exact) mass is 376 g/mol. The predicted octanol–water partition coefficient (Wildman–Crippen LogP) is 5.34. The number of hydrogen-bond donors (Lipinski definition) is 2. The van der Waals surface area contributed by atoms with Crippen LogP contribution in [0.1, 0.15) is 24.1 Å². The molecule has 1 unspecified atom stereocenters. The van der Waals surface area contributed by atoms with Gasteiger partial charge in [-0.15, -0.1) is 0 Å². The first-order valence-electron chi connectivity index (χ1n) is 9.56. The standard InChI is InChI=1S/C12H17NO2.C12H11N/c1-8-10-7-12(15-3)11(14-2)6-9(10)4-5-13-8;1-3-7-11(8-4-1)13-12-9-5-2-6-10-12/h6-8,13H,4-5H2,1-3H3;1-10,13H. The van der Waals surface area contributed by atoms with Crippen molar-refractivity contribution in [2.45, 2.75) is 19.4 Å². The van der Waals surface area contributed by atoms with E-state index in [2.05, 4.69) is 29.7 Å². The molecule has 1 heterocycles. The average Bonchev–Trinajstić information content (AvgIpc) is 2.75. The Labute approximate surface area is 167 Å². The minimum atomic E-state index is 0.397. The van der Waals surface area contributed by atoms with Crippen LogP contribution < -0.4 is 20.1 Å². The molecule has 2 N–H and O–H groups in total. The summed E-state index contributed by atoms with van der Waals surface area (Å²) in [5, 5.41) is 6.73. The fourth-order valence-corrected chi connectivity index (χ4v) is 3.30. The lowest BCUT2D eigenvalue weighted by Crippen LogP contribution is -2.27. The molecule has 4 heteroatoms. The molecule has 0 aromatic heterocycles. The Morgan fingerprint density at radius 3 is 1.89 bits per heavy atom. The van der Waals surface area contributed by atoms with Crippen LogP contribution in [0.25, 0.3) is 0 Å². The van der Waals surface area contributed by atoms with Gasteiger partial charge in [-0.2, -0.15) is 0 Å². The van der Waals surface area contributed by atoms with Crippen molar-refractivity contribution in [3.8, 4) is 11.5 Å². The molecule has 1 aliphatic heterocycles. The normalized spacial score (nSPS) is 14.9. The summed E-state index contributed by atoms with van der Waals surface area (Å²) in [4.78, 5) is 0. The molecule has 1 aliphatic rings. The molecule has 0 bridgehead atoms. The third-order valence-electron chi connectivity index (χ3n) is 4.79. The Balaban J connectivity index is 0.000000162. The fourth-order valence-electron chi connectivity index (χ4n) is 3.30. The van der Waals surface area contributed by atoms with Crippen LogP contribution in [0.5, 0.6) is 11.5 Å². The predicted molar refractivity (Wildman–Crippen MR) is 116 cm³/mol. The van der Waals surface area contributed by atoms with Gasteiger partial charge in [0.25, 0.3) is 0 Å². The van der Waals surface area contributed by atoms with Crippen LogP contribution >= 0.6 is 0 Å². The van der Waals surface area contributed by atoms with Crippen molar-refractivity contribution in [3.05, 3.63) is 83.9 Å². The van der Waals surface area contributed by atoms with Crippen molar-refractivity contribution >= 4 is 11.4 Å². The van der Waals surface area contributed by atoms with Gasteiger partial charge < -0.3 is 20.1 Å². The lowest BCUT2D eigenvalue weighted by molar-refractivity contribution is 0.352. The number of nitrogens with one attached hydrogen (secondary N) is 2. The molecule has 4 nitrogen and oxygen atoms in total. The largest absolute Gasteiger partial charge is 0.493 e. The molecule has 28 heavy (non-hydrogen) atoms. The highest BCUT2D eigenvalue weighted by Crippen LogP contribution is 2.34. The summed E-state index contributed by atoms with van der Waals surface area (Å²) in [6.07, 6.45) is 1.06. The highest BCUT2D eigenvalue weighted by molar-refractivity contribution is 5.58. The van der Waals surface area contributed by atoms with Gasteiger partial charge in [0.05, 0.1) is 14.2 Å². The van der Waals surface area contributed by atoms with Crippen molar-refractivity contribution in [2.75, 3.05) is 26.1 Å². The van der Waals surface area contributed by atoms with Crippen LogP contribution in [0.3, 0.4) is 0 Å². The first-order chi connectivity index (χ1) is 13.7. The highest BCUT2D eigenvalue weighted by Gasteiger charge is 2.18. The SMILES string of the molecule is COc1cc2c(cc1OC)C(C)NCC2.c1ccc(Nc2ccccc2)cc1. The third kappa shape index (κ3) is 5.05. The quantitative estimate of drug-likeness (QED) is 0.645. The number of anilines is 2. The Morgan fingerprint density at radius 2 is 1.36 bits per heavy atom. The summed E-state index contributed by atoms with van der Waals surface area (Å²) < 4.78 is 10.6. The minimum absolute atomic E-state index is 0.397. The van der Waals surface area contributed by atoms with E-state index in [-0.39, 0.29) is 0 Å². The topological polar surface area (TPSA) is 42.5 Å². The Morgan fingerprint density at radius 1 is 0.821 bits per heavy atom. The molecular formula is C24H28N2O2. The van der Waals surface area contributed by atoms with Crippen molar-refractivity contribution in [2.24, 2.45) is 0 Å². The molecule has 0 aliphatic carbocycles. The number of fused-ring (bicyclic) bond motifs is 1. The van der Waals surface area contributed by atoms with E-state index >= 15 is 0 Å². The summed E-state index contributed by atoms with van der Waals surface area (Å²) in [6, 6.07) is 24.9. The third-order valence-corrected chi connectivity index (χ3v) is 4.79. The van der Waals surface area contributed by atoms with E-state index in [9.17, 15) is 0 Å². The summed E-state index contributed by atoms with van der Waals surface area (Å²) in [7, 11) is 3.35. The van der Waals surface area contributed by atoms with Crippen LogP contribution in [-0.2, 0) is 6.42 Å². The summed E-state index contributed by atoms with van der Waals surface area (Å²) in [5.41, 5.74) is 4.92. The van der Waals surface area contributed by atoms with E-state index in [1.54, 1.807) is 14.2 Å².